The van der Waals surface area contributed by atoms with Crippen molar-refractivity contribution in [1.82, 2.24) is 0 Å². The Morgan fingerprint density at radius 1 is 0.812 bits per heavy atom. The van der Waals surface area contributed by atoms with E-state index in [0.717, 1.165) is 11.8 Å². The van der Waals surface area contributed by atoms with E-state index in [0.29, 0.717) is 0 Å². The van der Waals surface area contributed by atoms with Gasteiger partial charge in [0.2, 0.25) is 0 Å². The summed E-state index contributed by atoms with van der Waals surface area (Å²) in [5, 5.41) is 0. The van der Waals surface area contributed by atoms with Gasteiger partial charge in [0.05, 0.1) is 0 Å². The van der Waals surface area contributed by atoms with Gasteiger partial charge in [-0.2, -0.15) is 0 Å². The van der Waals surface area contributed by atoms with Crippen LogP contribution in [0.1, 0.15) is 0 Å². The third-order valence-corrected chi connectivity index (χ3v) is 29.3. The normalized spacial score (nSPS) is 11.1. The summed E-state index contributed by atoms with van der Waals surface area (Å²) in [6.07, 6.45) is 0. The second kappa shape index (κ2) is 43.2. The zero-order chi connectivity index (χ0) is 12.6. The molecule has 0 aliphatic heterocycles. The molecule has 0 saturated heterocycles. The SMILES string of the molecule is S=[PH](S)PI.S=[PH](S)PI.[S]=[V].[S]=[V].[W].[W]. The molecule has 0 aliphatic rings. The molecular weight excluding hydrogens is 1040 g/mol. The Balaban J connectivity index is -0.0000000218. The average Bonchev–Trinajstić information content (AvgIpc) is 2.24. The van der Waals surface area contributed by atoms with Gasteiger partial charge in [-0.05, 0) is 11.8 Å². The molecule has 4 atom stereocenters. The standard InChI is InChI=1S/2H3IP2S2.2S.2V.2W/c2*1-2-3(4)5;;;;;;/h2*2-3H,(H,4,5);;;;;;. The van der Waals surface area contributed by atoms with E-state index in [1.54, 1.807) is 0 Å². The summed E-state index contributed by atoms with van der Waals surface area (Å²) in [4.78, 5) is 0. The summed E-state index contributed by atoms with van der Waals surface area (Å²) in [6, 6.07) is 0. The summed E-state index contributed by atoms with van der Waals surface area (Å²) in [5.41, 5.74) is -1.16. The molecule has 0 nitrogen and oxygen atoms in total. The van der Waals surface area contributed by atoms with E-state index in [2.05, 4.69) is 89.1 Å². The maximum Gasteiger partial charge on any atom is 0 e. The van der Waals surface area contributed by atoms with Crippen LogP contribution >= 0.6 is 112 Å². The minimum Gasteiger partial charge on any atom is 0 e. The van der Waals surface area contributed by atoms with Crippen LogP contribution in [0.25, 0.3) is 0 Å². The van der Waals surface area contributed by atoms with Crippen molar-refractivity contribution in [3.05, 3.63) is 0 Å². The number of halogens is 2. The van der Waals surface area contributed by atoms with Gasteiger partial charge in [-0.1, -0.05) is 67.7 Å². The molecule has 98 valence electrons. The van der Waals surface area contributed by atoms with Gasteiger partial charge < -0.3 is 0 Å². The second-order valence-corrected chi connectivity index (χ2v) is 27.9. The first-order chi connectivity index (χ1) is 6.54. The molecule has 0 spiro atoms. The minimum atomic E-state index is -0.582. The molecule has 16 heteroatoms. The molecule has 4 unspecified atom stereocenters. The van der Waals surface area contributed by atoms with Gasteiger partial charge in [-0.25, -0.2) is 0 Å². The monoisotopic (exact) mass is 1050 g/mol. The number of thiol groups is 2. The van der Waals surface area contributed by atoms with Gasteiger partial charge in [0.1, 0.15) is 0 Å². The van der Waals surface area contributed by atoms with Crippen molar-refractivity contribution < 1.29 is 73.6 Å². The molecule has 0 bridgehead atoms. The van der Waals surface area contributed by atoms with Gasteiger partial charge in [0, 0.05) is 53.3 Å². The van der Waals surface area contributed by atoms with Gasteiger partial charge >= 0.3 is 52.0 Å². The third kappa shape index (κ3) is 68.7. The molecule has 0 aliphatic carbocycles. The van der Waals surface area contributed by atoms with Crippen molar-refractivity contribution in [1.29, 1.82) is 0 Å². The summed E-state index contributed by atoms with van der Waals surface area (Å²) < 4.78 is 0. The van der Waals surface area contributed by atoms with Crippen LogP contribution < -0.4 is 0 Å². The Labute approximate surface area is 204 Å². The van der Waals surface area contributed by atoms with E-state index in [4.69, 9.17) is 23.6 Å². The van der Waals surface area contributed by atoms with Gasteiger partial charge in [-0.15, -0.1) is 24.5 Å². The largest absolute Gasteiger partial charge is 0 e. The smallest absolute Gasteiger partial charge is 0 e. The van der Waals surface area contributed by atoms with Crippen molar-refractivity contribution in [3.63, 3.8) is 0 Å². The quantitative estimate of drug-likeness (QED) is 0.193. The van der Waals surface area contributed by atoms with E-state index in [-0.39, 0.29) is 42.1 Å². The molecule has 0 amide bonds. The summed E-state index contributed by atoms with van der Waals surface area (Å²) in [5.74, 6) is 1.73. The van der Waals surface area contributed by atoms with Gasteiger partial charge in [0.15, 0.2) is 0 Å². The van der Waals surface area contributed by atoms with Crippen LogP contribution in [0, 0.1) is 0 Å². The summed E-state index contributed by atoms with van der Waals surface area (Å²) >= 11 is 25.9. The first kappa shape index (κ1) is 38.7. The number of rotatable bonds is 2. The van der Waals surface area contributed by atoms with E-state index in [1.165, 1.54) is 0 Å². The second-order valence-electron chi connectivity index (χ2n) is 0.799. The van der Waals surface area contributed by atoms with Crippen molar-refractivity contribution in [2.75, 3.05) is 0 Å². The minimum absolute atomic E-state index is 0. The Kier molecular flexibility index (Phi) is 105. The fourth-order valence-electron chi connectivity index (χ4n) is 0. The fourth-order valence-corrected chi connectivity index (χ4v) is 0. The van der Waals surface area contributed by atoms with E-state index >= 15 is 0 Å². The van der Waals surface area contributed by atoms with Crippen molar-refractivity contribution in [3.8, 4) is 0 Å². The van der Waals surface area contributed by atoms with Crippen LogP contribution in [0.5, 0.6) is 0 Å². The maximum absolute atomic E-state index is 4.75. The topological polar surface area (TPSA) is 0 Å². The van der Waals surface area contributed by atoms with Crippen LogP contribution in [0.4, 0.5) is 0 Å². The van der Waals surface area contributed by atoms with Crippen molar-refractivity contribution in [2.45, 2.75) is 0 Å². The first-order valence-electron chi connectivity index (χ1n) is 2.10. The Morgan fingerprint density at radius 2 is 0.875 bits per heavy atom. The Bertz CT molecular complexity index is 138. The van der Waals surface area contributed by atoms with E-state index < -0.39 is 11.2 Å². The first-order valence-corrected chi connectivity index (χ1v) is 24.3. The van der Waals surface area contributed by atoms with Crippen LogP contribution in [-0.4, -0.2) is 0 Å². The molecule has 0 radical (unpaired) electrons. The molecular formula is H6I2P4S6V2W2. The average molecular weight is 1050 g/mol. The fraction of sp³-hybridized carbons (Fsp3) is 0. The molecule has 0 saturated carbocycles. The Hall–Kier alpha value is 7.31. The van der Waals surface area contributed by atoms with Gasteiger partial charge in [0.25, 0.3) is 0 Å². The number of hydrogen-bond donors (Lipinski definition) is 2. The maximum atomic E-state index is 4.75. The third-order valence-electron chi connectivity index (χ3n) is 0.162. The predicted molar refractivity (Wildman–Crippen MR) is 109 cm³/mol. The van der Waals surface area contributed by atoms with E-state index in [9.17, 15) is 0 Å². The molecule has 0 aromatic heterocycles. The zero-order valence-electron chi connectivity index (χ0n) is 6.99. The molecule has 0 fully saturated rings. The van der Waals surface area contributed by atoms with Crippen LogP contribution in [0.3, 0.4) is 0 Å². The predicted octanol–water partition coefficient (Wildman–Crippen LogP) is 6.19. The van der Waals surface area contributed by atoms with Crippen LogP contribution in [-0.2, 0) is 97.2 Å². The van der Waals surface area contributed by atoms with Crippen molar-refractivity contribution >= 4 is 136 Å². The van der Waals surface area contributed by atoms with Gasteiger partial charge in [-0.3, -0.25) is 0 Å². The van der Waals surface area contributed by atoms with Crippen molar-refractivity contribution in [2.24, 2.45) is 0 Å². The zero-order valence-corrected chi connectivity index (χ0v) is 29.0. The number of hydrogen-bond acceptors (Lipinski definition) is 4. The summed E-state index contributed by atoms with van der Waals surface area (Å²) in [6.45, 7) is 0. The Morgan fingerprint density at radius 3 is 0.875 bits per heavy atom. The van der Waals surface area contributed by atoms with E-state index in [1.807, 2.05) is 31.4 Å². The van der Waals surface area contributed by atoms with Crippen LogP contribution in [0.2, 0.25) is 0 Å². The summed E-state index contributed by atoms with van der Waals surface area (Å²) in [7, 11) is 8.04. The molecule has 0 heterocycles. The molecule has 0 aromatic rings. The van der Waals surface area contributed by atoms with Crippen LogP contribution in [0.15, 0.2) is 0 Å². The molecule has 16 heavy (non-hydrogen) atoms. The molecule has 0 aromatic carbocycles. The molecule has 0 rings (SSSR count). The molecule has 0 N–H and O–H groups in total.